The first kappa shape index (κ1) is 13.9. The van der Waals surface area contributed by atoms with E-state index >= 15 is 0 Å². The predicted octanol–water partition coefficient (Wildman–Crippen LogP) is 4.74. The molecule has 2 heteroatoms. The number of hydrogen-bond acceptors (Lipinski definition) is 2. The van der Waals surface area contributed by atoms with E-state index in [1.165, 1.54) is 23.5 Å². The highest BCUT2D eigenvalue weighted by Crippen LogP contribution is 2.60. The molecule has 18 heavy (non-hydrogen) atoms. The first-order valence-corrected chi connectivity index (χ1v) is 8.32. The van der Waals surface area contributed by atoms with Gasteiger partial charge in [-0.15, -0.1) is 29.9 Å². The summed E-state index contributed by atoms with van der Waals surface area (Å²) in [6.07, 6.45) is 6.99. The monoisotopic (exact) mass is 276 g/mol. The van der Waals surface area contributed by atoms with E-state index in [9.17, 15) is 0 Å². The van der Waals surface area contributed by atoms with Gasteiger partial charge in [0.25, 0.3) is 0 Å². The Labute approximate surface area is 119 Å². The molecule has 0 N–H and O–H groups in total. The molecular weight excluding hydrogens is 256 g/mol. The van der Waals surface area contributed by atoms with E-state index in [2.05, 4.69) is 68.4 Å². The van der Waals surface area contributed by atoms with Gasteiger partial charge in [0.15, 0.2) is 0 Å². The molecule has 1 fully saturated rings. The van der Waals surface area contributed by atoms with Crippen molar-refractivity contribution in [1.29, 1.82) is 0 Å². The van der Waals surface area contributed by atoms with Crippen molar-refractivity contribution >= 4 is 23.5 Å². The van der Waals surface area contributed by atoms with Crippen LogP contribution in [0, 0.1) is 17.8 Å². The lowest BCUT2D eigenvalue weighted by Crippen LogP contribution is -2.37. The van der Waals surface area contributed by atoms with E-state index in [-0.39, 0.29) is 9.49 Å². The van der Waals surface area contributed by atoms with E-state index < -0.39 is 0 Å². The Kier molecular flexibility index (Phi) is 4.04. The molecule has 1 aliphatic heterocycles. The highest BCUT2D eigenvalue weighted by atomic mass is 32.2. The Bertz CT molecular complexity index is 457. The van der Waals surface area contributed by atoms with Gasteiger partial charge < -0.3 is 0 Å². The van der Waals surface area contributed by atoms with Gasteiger partial charge in [-0.2, -0.15) is 0 Å². The molecule has 1 heterocycles. The number of benzene rings is 1. The fraction of sp³-hybridized carbons (Fsp3) is 0.500. The van der Waals surface area contributed by atoms with Crippen molar-refractivity contribution < 1.29 is 0 Å². The lowest BCUT2D eigenvalue weighted by atomic mass is 9.84. The van der Waals surface area contributed by atoms with Crippen molar-refractivity contribution in [2.45, 2.75) is 31.3 Å². The second-order valence-electron chi connectivity index (χ2n) is 5.61. The molecule has 2 rings (SSSR count). The molecule has 0 nitrogen and oxygen atoms in total. The van der Waals surface area contributed by atoms with Crippen LogP contribution in [-0.4, -0.2) is 11.5 Å². The van der Waals surface area contributed by atoms with Gasteiger partial charge in [0.1, 0.15) is 0 Å². The van der Waals surface area contributed by atoms with Crippen molar-refractivity contribution in [2.24, 2.45) is 5.41 Å². The second kappa shape index (κ2) is 5.23. The average Bonchev–Trinajstić information content (AvgIpc) is 2.38. The van der Waals surface area contributed by atoms with Crippen LogP contribution in [0.4, 0.5) is 0 Å². The van der Waals surface area contributed by atoms with Crippen LogP contribution in [0.3, 0.4) is 0 Å². The van der Waals surface area contributed by atoms with Crippen molar-refractivity contribution in [3.05, 3.63) is 35.4 Å². The fourth-order valence-corrected chi connectivity index (χ4v) is 6.12. The van der Waals surface area contributed by atoms with E-state index in [1.807, 2.05) is 6.07 Å². The summed E-state index contributed by atoms with van der Waals surface area (Å²) in [5, 5.41) is 0. The van der Waals surface area contributed by atoms with Gasteiger partial charge in [0.05, 0.1) is 4.08 Å². The number of terminal acetylenes is 1. The molecule has 0 atom stereocenters. The van der Waals surface area contributed by atoms with Gasteiger partial charge in [-0.1, -0.05) is 44.9 Å². The quantitative estimate of drug-likeness (QED) is 0.680. The normalized spacial score (nSPS) is 19.2. The molecule has 1 aromatic rings. The topological polar surface area (TPSA) is 0 Å². The van der Waals surface area contributed by atoms with Crippen LogP contribution in [0.2, 0.25) is 0 Å². The van der Waals surface area contributed by atoms with Crippen LogP contribution in [0.1, 0.15) is 38.3 Å². The smallest absolute Gasteiger partial charge is 0.0920 e. The standard InChI is InChI=1S/C16H20S2/c1-5-13-9-6-7-10-14(13)16(15(2,3)4)17-11-8-12-18-16/h1,6-7,9-10H,8,11-12H2,2-4H3. The van der Waals surface area contributed by atoms with Crippen LogP contribution in [0.25, 0.3) is 0 Å². The molecule has 1 aromatic carbocycles. The van der Waals surface area contributed by atoms with Gasteiger partial charge in [0, 0.05) is 5.56 Å². The average molecular weight is 276 g/mol. The van der Waals surface area contributed by atoms with Gasteiger partial charge in [0.2, 0.25) is 0 Å². The van der Waals surface area contributed by atoms with E-state index in [4.69, 9.17) is 6.42 Å². The fourth-order valence-electron chi connectivity index (χ4n) is 2.42. The number of hydrogen-bond donors (Lipinski definition) is 0. The van der Waals surface area contributed by atoms with Gasteiger partial charge in [-0.05, 0) is 35.0 Å². The molecule has 0 aromatic heterocycles. The zero-order valence-corrected chi connectivity index (χ0v) is 13.0. The zero-order valence-electron chi connectivity index (χ0n) is 11.3. The molecule has 0 amide bonds. The molecule has 1 aliphatic rings. The predicted molar refractivity (Wildman–Crippen MR) is 85.0 cm³/mol. The summed E-state index contributed by atoms with van der Waals surface area (Å²) >= 11 is 4.14. The summed E-state index contributed by atoms with van der Waals surface area (Å²) < 4.78 is 0.0915. The molecule has 1 saturated heterocycles. The number of thioether (sulfide) groups is 2. The Balaban J connectivity index is 2.57. The Hall–Kier alpha value is -0.520. The molecule has 0 radical (unpaired) electrons. The van der Waals surface area contributed by atoms with Gasteiger partial charge >= 0.3 is 0 Å². The molecule has 0 bridgehead atoms. The Morgan fingerprint density at radius 3 is 2.33 bits per heavy atom. The lowest BCUT2D eigenvalue weighted by Gasteiger charge is -2.47. The second-order valence-corrected chi connectivity index (χ2v) is 8.48. The largest absolute Gasteiger partial charge is 0.139 e. The van der Waals surface area contributed by atoms with Gasteiger partial charge in [-0.25, -0.2) is 0 Å². The summed E-state index contributed by atoms with van der Waals surface area (Å²) in [7, 11) is 0. The maximum atomic E-state index is 5.69. The minimum atomic E-state index is 0.0915. The highest BCUT2D eigenvalue weighted by Gasteiger charge is 2.46. The van der Waals surface area contributed by atoms with Crippen LogP contribution < -0.4 is 0 Å². The van der Waals surface area contributed by atoms with Gasteiger partial charge in [-0.3, -0.25) is 0 Å². The number of rotatable bonds is 1. The zero-order chi connectivity index (χ0) is 13.2. The van der Waals surface area contributed by atoms with Crippen LogP contribution in [-0.2, 0) is 4.08 Å². The Morgan fingerprint density at radius 2 is 1.78 bits per heavy atom. The first-order valence-electron chi connectivity index (χ1n) is 6.35. The van der Waals surface area contributed by atoms with Crippen LogP contribution >= 0.6 is 23.5 Å². The van der Waals surface area contributed by atoms with Crippen LogP contribution in [0.5, 0.6) is 0 Å². The van der Waals surface area contributed by atoms with E-state index in [0.29, 0.717) is 0 Å². The summed E-state index contributed by atoms with van der Waals surface area (Å²) in [5.74, 6) is 5.31. The maximum absolute atomic E-state index is 5.69. The summed E-state index contributed by atoms with van der Waals surface area (Å²) in [6, 6.07) is 8.43. The summed E-state index contributed by atoms with van der Waals surface area (Å²) in [5.41, 5.74) is 2.57. The van der Waals surface area contributed by atoms with Crippen molar-refractivity contribution in [3.63, 3.8) is 0 Å². The third-order valence-corrected chi connectivity index (χ3v) is 7.49. The summed E-state index contributed by atoms with van der Waals surface area (Å²) in [4.78, 5) is 0. The maximum Gasteiger partial charge on any atom is 0.0920 e. The SMILES string of the molecule is C#Cc1ccccc1C1(C(C)(C)C)SCCCS1. The molecular formula is C16H20S2. The minimum absolute atomic E-state index is 0.0915. The van der Waals surface area contributed by atoms with Crippen molar-refractivity contribution in [2.75, 3.05) is 11.5 Å². The summed E-state index contributed by atoms with van der Waals surface area (Å²) in [6.45, 7) is 6.98. The molecule has 0 aliphatic carbocycles. The molecule has 0 saturated carbocycles. The van der Waals surface area contributed by atoms with E-state index in [1.54, 1.807) is 0 Å². The van der Waals surface area contributed by atoms with E-state index in [0.717, 1.165) is 5.56 Å². The minimum Gasteiger partial charge on any atom is -0.139 e. The molecule has 0 spiro atoms. The first-order chi connectivity index (χ1) is 8.51. The van der Waals surface area contributed by atoms with Crippen LogP contribution in [0.15, 0.2) is 24.3 Å². The van der Waals surface area contributed by atoms with Crippen molar-refractivity contribution in [3.8, 4) is 12.3 Å². The third-order valence-electron chi connectivity index (χ3n) is 3.32. The molecule has 0 unspecified atom stereocenters. The Morgan fingerprint density at radius 1 is 1.17 bits per heavy atom. The highest BCUT2D eigenvalue weighted by molar-refractivity contribution is 8.18. The third kappa shape index (κ3) is 2.31. The lowest BCUT2D eigenvalue weighted by molar-refractivity contribution is 0.371. The van der Waals surface area contributed by atoms with Crippen molar-refractivity contribution in [1.82, 2.24) is 0 Å². The molecule has 96 valence electrons.